The number of hydrazone groups is 1. The van der Waals surface area contributed by atoms with Crippen molar-refractivity contribution in [1.29, 1.82) is 0 Å². The fraction of sp³-hybridized carbons (Fsp3) is 0.500. The highest BCUT2D eigenvalue weighted by Gasteiger charge is 2.13. The Kier molecular flexibility index (Phi) is 3.60. The first-order chi connectivity index (χ1) is 7.74. The Morgan fingerprint density at radius 3 is 2.69 bits per heavy atom. The number of benzene rings is 1. The molecule has 2 nitrogen and oxygen atoms in total. The molecule has 16 heavy (non-hydrogen) atoms. The molecule has 0 bridgehead atoms. The maximum absolute atomic E-state index is 4.50. The van der Waals surface area contributed by atoms with Crippen molar-refractivity contribution in [3.05, 3.63) is 29.8 Å². The lowest BCUT2D eigenvalue weighted by molar-refractivity contribution is 0.500. The van der Waals surface area contributed by atoms with E-state index in [1.54, 1.807) is 0 Å². The van der Waals surface area contributed by atoms with Crippen LogP contribution in [0.3, 0.4) is 0 Å². The van der Waals surface area contributed by atoms with Gasteiger partial charge in [-0.05, 0) is 50.7 Å². The average Bonchev–Trinajstić information content (AvgIpc) is 2.28. The summed E-state index contributed by atoms with van der Waals surface area (Å²) in [6, 6.07) is 8.36. The van der Waals surface area contributed by atoms with Gasteiger partial charge in [0.15, 0.2) is 0 Å². The largest absolute Gasteiger partial charge is 0.279 e. The van der Waals surface area contributed by atoms with Gasteiger partial charge in [-0.2, -0.15) is 5.10 Å². The molecule has 1 aromatic carbocycles. The maximum atomic E-state index is 4.50. The average molecular weight is 216 g/mol. The predicted molar refractivity (Wildman–Crippen MR) is 69.9 cm³/mol. The zero-order valence-electron chi connectivity index (χ0n) is 10.2. The summed E-state index contributed by atoms with van der Waals surface area (Å²) in [5.41, 5.74) is 6.83. The van der Waals surface area contributed by atoms with Gasteiger partial charge < -0.3 is 0 Å². The van der Waals surface area contributed by atoms with E-state index < -0.39 is 0 Å². The lowest BCUT2D eigenvalue weighted by atomic mass is 9.89. The van der Waals surface area contributed by atoms with E-state index >= 15 is 0 Å². The molecule has 86 valence electrons. The van der Waals surface area contributed by atoms with Crippen molar-refractivity contribution in [3.8, 4) is 0 Å². The van der Waals surface area contributed by atoms with Crippen LogP contribution < -0.4 is 5.43 Å². The van der Waals surface area contributed by atoms with Crippen molar-refractivity contribution in [2.24, 2.45) is 11.0 Å². The minimum atomic E-state index is 0.798. The summed E-state index contributed by atoms with van der Waals surface area (Å²) >= 11 is 0. The molecule has 2 heteroatoms. The van der Waals surface area contributed by atoms with Gasteiger partial charge in [-0.25, -0.2) is 0 Å². The third-order valence-corrected chi connectivity index (χ3v) is 3.14. The molecule has 2 rings (SSSR count). The Morgan fingerprint density at radius 2 is 2.00 bits per heavy atom. The van der Waals surface area contributed by atoms with Gasteiger partial charge in [-0.3, -0.25) is 5.43 Å². The number of nitrogens with one attached hydrogen (secondary N) is 1. The number of nitrogens with zero attached hydrogens (tertiary/aromatic N) is 1. The molecule has 0 aliphatic heterocycles. The predicted octanol–water partition coefficient (Wildman–Crippen LogP) is 3.97. The second kappa shape index (κ2) is 5.15. The zero-order valence-corrected chi connectivity index (χ0v) is 10.2. The molecule has 1 aromatic rings. The molecule has 0 heterocycles. The first kappa shape index (κ1) is 11.2. The van der Waals surface area contributed by atoms with Crippen molar-refractivity contribution < 1.29 is 0 Å². The highest BCUT2D eigenvalue weighted by molar-refractivity contribution is 5.85. The lowest BCUT2D eigenvalue weighted by Crippen LogP contribution is -2.13. The van der Waals surface area contributed by atoms with Gasteiger partial charge in [0.25, 0.3) is 0 Å². The molecule has 1 N–H and O–H groups in total. The molecule has 0 unspecified atom stereocenters. The van der Waals surface area contributed by atoms with Crippen LogP contribution in [0.5, 0.6) is 0 Å². The minimum absolute atomic E-state index is 0.798. The maximum Gasteiger partial charge on any atom is 0.0561 e. The molecule has 0 saturated heterocycles. The van der Waals surface area contributed by atoms with Gasteiger partial charge in [-0.1, -0.05) is 24.6 Å². The fourth-order valence-electron chi connectivity index (χ4n) is 2.13. The van der Waals surface area contributed by atoms with Crippen LogP contribution in [-0.2, 0) is 0 Å². The molecule has 1 saturated carbocycles. The summed E-state index contributed by atoms with van der Waals surface area (Å²) in [4.78, 5) is 0. The van der Waals surface area contributed by atoms with Gasteiger partial charge in [0.05, 0.1) is 5.69 Å². The van der Waals surface area contributed by atoms with Crippen LogP contribution in [0, 0.1) is 12.8 Å². The molecule has 0 radical (unpaired) electrons. The Morgan fingerprint density at radius 1 is 1.25 bits per heavy atom. The van der Waals surface area contributed by atoms with Crippen LogP contribution >= 0.6 is 0 Å². The van der Waals surface area contributed by atoms with E-state index in [-0.39, 0.29) is 0 Å². The Bertz CT molecular complexity index is 365. The molecular formula is C14H20N2. The first-order valence-corrected chi connectivity index (χ1v) is 6.12. The Hall–Kier alpha value is -1.31. The summed E-state index contributed by atoms with van der Waals surface area (Å²) in [7, 11) is 0. The lowest BCUT2D eigenvalue weighted by Gasteiger charge is -2.19. The number of hydrogen-bond donors (Lipinski definition) is 1. The zero-order chi connectivity index (χ0) is 11.4. The number of anilines is 1. The summed E-state index contributed by atoms with van der Waals surface area (Å²) in [6.07, 6.45) is 4.95. The molecular weight excluding hydrogens is 196 g/mol. The molecule has 1 aliphatic carbocycles. The topological polar surface area (TPSA) is 24.4 Å². The molecule has 0 spiro atoms. The van der Waals surface area contributed by atoms with Crippen LogP contribution in [0.25, 0.3) is 0 Å². The van der Waals surface area contributed by atoms with Crippen molar-refractivity contribution in [2.75, 3.05) is 5.43 Å². The normalized spacial score (nSPS) is 23.4. The van der Waals surface area contributed by atoms with Crippen LogP contribution in [0.2, 0.25) is 0 Å². The second-order valence-electron chi connectivity index (χ2n) is 4.86. The Labute approximate surface area is 97.8 Å². The van der Waals surface area contributed by atoms with Crippen LogP contribution in [0.15, 0.2) is 29.4 Å². The van der Waals surface area contributed by atoms with E-state index in [0.29, 0.717) is 0 Å². The Balaban J connectivity index is 1.95. The van der Waals surface area contributed by atoms with Crippen LogP contribution in [0.1, 0.15) is 38.2 Å². The summed E-state index contributed by atoms with van der Waals surface area (Å²) < 4.78 is 0. The number of rotatable bonds is 2. The van der Waals surface area contributed by atoms with E-state index in [1.807, 2.05) is 0 Å². The monoisotopic (exact) mass is 216 g/mol. The van der Waals surface area contributed by atoms with E-state index in [4.69, 9.17) is 0 Å². The smallest absolute Gasteiger partial charge is 0.0561 e. The summed E-state index contributed by atoms with van der Waals surface area (Å²) in [5.74, 6) is 0.798. The van der Waals surface area contributed by atoms with Crippen molar-refractivity contribution in [3.63, 3.8) is 0 Å². The molecule has 1 atom stereocenters. The van der Waals surface area contributed by atoms with Crippen molar-refractivity contribution in [2.45, 2.75) is 39.5 Å². The molecule has 0 amide bonds. The third kappa shape index (κ3) is 3.09. The SMILES string of the molecule is Cc1ccc(N/N=C2/CCC[C@@H](C)C2)cc1. The molecule has 1 fully saturated rings. The molecule has 1 aliphatic rings. The van der Waals surface area contributed by atoms with E-state index in [9.17, 15) is 0 Å². The number of aryl methyl sites for hydroxylation is 1. The second-order valence-corrected chi connectivity index (χ2v) is 4.86. The van der Waals surface area contributed by atoms with E-state index in [0.717, 1.165) is 24.4 Å². The van der Waals surface area contributed by atoms with Gasteiger partial charge in [-0.15, -0.1) is 0 Å². The number of hydrogen-bond acceptors (Lipinski definition) is 2. The van der Waals surface area contributed by atoms with Gasteiger partial charge in [0.2, 0.25) is 0 Å². The highest BCUT2D eigenvalue weighted by Crippen LogP contribution is 2.21. The summed E-state index contributed by atoms with van der Waals surface area (Å²) in [6.45, 7) is 4.40. The third-order valence-electron chi connectivity index (χ3n) is 3.14. The van der Waals surface area contributed by atoms with Crippen molar-refractivity contribution >= 4 is 11.4 Å². The van der Waals surface area contributed by atoms with E-state index in [1.165, 1.54) is 24.1 Å². The van der Waals surface area contributed by atoms with Gasteiger partial charge in [0.1, 0.15) is 0 Å². The minimum Gasteiger partial charge on any atom is -0.279 e. The van der Waals surface area contributed by atoms with Gasteiger partial charge in [0, 0.05) is 5.71 Å². The highest BCUT2D eigenvalue weighted by atomic mass is 15.3. The standard InChI is InChI=1S/C14H20N2/c1-11-6-8-13(9-7-11)15-16-14-5-3-4-12(2)10-14/h6-9,12,15H,3-5,10H2,1-2H3/b16-14-/t12-/m1/s1. The van der Waals surface area contributed by atoms with Crippen molar-refractivity contribution in [1.82, 2.24) is 0 Å². The molecule has 0 aromatic heterocycles. The first-order valence-electron chi connectivity index (χ1n) is 6.12. The quantitative estimate of drug-likeness (QED) is 0.743. The van der Waals surface area contributed by atoms with Crippen LogP contribution in [0.4, 0.5) is 5.69 Å². The van der Waals surface area contributed by atoms with Gasteiger partial charge >= 0.3 is 0 Å². The fourth-order valence-corrected chi connectivity index (χ4v) is 2.13. The van der Waals surface area contributed by atoms with Crippen LogP contribution in [-0.4, -0.2) is 5.71 Å². The summed E-state index contributed by atoms with van der Waals surface area (Å²) in [5, 5.41) is 4.50. The van der Waals surface area contributed by atoms with E-state index in [2.05, 4.69) is 48.6 Å².